The molecule has 0 radical (unpaired) electrons. The number of benzene rings is 3. The summed E-state index contributed by atoms with van der Waals surface area (Å²) in [6.07, 6.45) is 18.9. The molecular weight excluding hydrogens is 556 g/mol. The second-order valence-corrected chi connectivity index (χ2v) is 13.3. The van der Waals surface area contributed by atoms with Crippen LogP contribution in [0.4, 0.5) is 17.6 Å². The van der Waals surface area contributed by atoms with Crippen molar-refractivity contribution in [3.8, 4) is 22.3 Å². The predicted octanol–water partition coefficient (Wildman–Crippen LogP) is 12.9. The van der Waals surface area contributed by atoms with E-state index < -0.39 is 23.3 Å². The van der Waals surface area contributed by atoms with Gasteiger partial charge >= 0.3 is 0 Å². The molecule has 1 unspecified atom stereocenters. The van der Waals surface area contributed by atoms with Crippen molar-refractivity contribution in [2.45, 2.75) is 110 Å². The van der Waals surface area contributed by atoms with Gasteiger partial charge < -0.3 is 0 Å². The van der Waals surface area contributed by atoms with Crippen molar-refractivity contribution in [1.82, 2.24) is 0 Å². The van der Waals surface area contributed by atoms with E-state index in [4.69, 9.17) is 0 Å². The van der Waals surface area contributed by atoms with Crippen LogP contribution >= 0.6 is 0 Å². The number of halogens is 4. The molecule has 0 heterocycles. The highest BCUT2D eigenvalue weighted by molar-refractivity contribution is 5.74. The first-order valence-corrected chi connectivity index (χ1v) is 17.2. The van der Waals surface area contributed by atoms with Crippen LogP contribution in [-0.2, 0) is 6.42 Å². The van der Waals surface area contributed by atoms with Crippen LogP contribution in [0, 0.1) is 41.0 Å². The lowest BCUT2D eigenvalue weighted by Crippen LogP contribution is -2.23. The van der Waals surface area contributed by atoms with E-state index >= 15 is 8.78 Å². The summed E-state index contributed by atoms with van der Waals surface area (Å²) < 4.78 is 60.5. The third kappa shape index (κ3) is 7.49. The van der Waals surface area contributed by atoms with Crippen molar-refractivity contribution >= 4 is 5.57 Å². The Hall–Kier alpha value is -2.88. The average molecular weight is 605 g/mol. The summed E-state index contributed by atoms with van der Waals surface area (Å²) in [6.45, 7) is 4.33. The van der Waals surface area contributed by atoms with Crippen molar-refractivity contribution < 1.29 is 17.6 Å². The molecule has 0 aliphatic heterocycles. The van der Waals surface area contributed by atoms with Crippen LogP contribution in [-0.4, -0.2) is 0 Å². The fourth-order valence-corrected chi connectivity index (χ4v) is 7.58. The van der Waals surface area contributed by atoms with Gasteiger partial charge in [0.15, 0.2) is 23.3 Å². The summed E-state index contributed by atoms with van der Waals surface area (Å²) in [5.41, 5.74) is 2.98. The van der Waals surface area contributed by atoms with Gasteiger partial charge in [-0.2, -0.15) is 0 Å². The molecule has 0 amide bonds. The Morgan fingerprint density at radius 2 is 1.14 bits per heavy atom. The molecule has 236 valence electrons. The molecule has 3 aromatic carbocycles. The molecular formula is C40H48F4. The van der Waals surface area contributed by atoms with Gasteiger partial charge in [-0.15, -0.1) is 0 Å². The minimum atomic E-state index is -0.869. The standard InChI is InChI=1S/C40H48F4/c1-3-5-7-9-27-11-13-28(14-12-27)29-15-17-30(18-16-29)35-25-26-36(40(44)39(35)43)32-21-19-31(20-22-32)34-24-23-33(10-8-6-4-2)37(41)38(34)42/h17,19-29H,3-16,18H2,1-2H3. The minimum absolute atomic E-state index is 0.165. The number of unbranched alkanes of at least 4 members (excludes halogenated alkanes) is 4. The van der Waals surface area contributed by atoms with Gasteiger partial charge in [-0.1, -0.05) is 120 Å². The molecule has 5 rings (SSSR count). The molecule has 4 heteroatoms. The molecule has 3 aromatic rings. The zero-order valence-electron chi connectivity index (χ0n) is 26.5. The molecule has 0 aromatic heterocycles. The van der Waals surface area contributed by atoms with Crippen molar-refractivity contribution in [3.63, 3.8) is 0 Å². The summed E-state index contributed by atoms with van der Waals surface area (Å²) >= 11 is 0. The highest BCUT2D eigenvalue weighted by atomic mass is 19.2. The molecule has 0 nitrogen and oxygen atoms in total. The van der Waals surface area contributed by atoms with Crippen LogP contribution in [0.2, 0.25) is 0 Å². The van der Waals surface area contributed by atoms with Gasteiger partial charge in [-0.25, -0.2) is 17.6 Å². The van der Waals surface area contributed by atoms with E-state index in [0.29, 0.717) is 34.6 Å². The molecule has 0 bridgehead atoms. The van der Waals surface area contributed by atoms with Crippen LogP contribution in [0.15, 0.2) is 54.6 Å². The molecule has 1 atom stereocenters. The minimum Gasteiger partial charge on any atom is -0.203 e. The van der Waals surface area contributed by atoms with Crippen molar-refractivity contribution in [1.29, 1.82) is 0 Å². The third-order valence-electron chi connectivity index (χ3n) is 10.4. The van der Waals surface area contributed by atoms with Gasteiger partial charge in [0.2, 0.25) is 0 Å². The maximum absolute atomic E-state index is 15.4. The Morgan fingerprint density at radius 3 is 1.75 bits per heavy atom. The van der Waals surface area contributed by atoms with E-state index in [2.05, 4.69) is 19.9 Å². The summed E-state index contributed by atoms with van der Waals surface area (Å²) in [5, 5.41) is 0. The topological polar surface area (TPSA) is 0 Å². The number of hydrogen-bond acceptors (Lipinski definition) is 0. The molecule has 1 fully saturated rings. The molecule has 44 heavy (non-hydrogen) atoms. The maximum Gasteiger partial charge on any atom is 0.167 e. The summed E-state index contributed by atoms with van der Waals surface area (Å²) in [4.78, 5) is 0. The zero-order chi connectivity index (χ0) is 31.1. The lowest BCUT2D eigenvalue weighted by molar-refractivity contribution is 0.187. The van der Waals surface area contributed by atoms with Crippen LogP contribution < -0.4 is 0 Å². The first kappa shape index (κ1) is 32.5. The fourth-order valence-electron chi connectivity index (χ4n) is 7.58. The molecule has 0 spiro atoms. The van der Waals surface area contributed by atoms with Crippen LogP contribution in [0.1, 0.15) is 115 Å². The van der Waals surface area contributed by atoms with Gasteiger partial charge in [0, 0.05) is 16.7 Å². The zero-order valence-corrected chi connectivity index (χ0v) is 26.5. The van der Waals surface area contributed by atoms with E-state index in [1.807, 2.05) is 0 Å². The Labute approximate surface area is 262 Å². The first-order valence-electron chi connectivity index (χ1n) is 17.2. The smallest absolute Gasteiger partial charge is 0.167 e. The molecule has 1 saturated carbocycles. The second-order valence-electron chi connectivity index (χ2n) is 13.3. The number of allylic oxidation sites excluding steroid dienone is 2. The largest absolute Gasteiger partial charge is 0.203 e. The van der Waals surface area contributed by atoms with Gasteiger partial charge in [0.25, 0.3) is 0 Å². The quantitative estimate of drug-likeness (QED) is 0.142. The van der Waals surface area contributed by atoms with E-state index in [1.54, 1.807) is 48.5 Å². The van der Waals surface area contributed by atoms with Crippen molar-refractivity contribution in [3.05, 3.63) is 89.0 Å². The summed E-state index contributed by atoms with van der Waals surface area (Å²) in [5.74, 6) is -1.04. The highest BCUT2D eigenvalue weighted by Gasteiger charge is 2.29. The highest BCUT2D eigenvalue weighted by Crippen LogP contribution is 2.43. The van der Waals surface area contributed by atoms with E-state index in [-0.39, 0.29) is 11.1 Å². The fraction of sp³-hybridized carbons (Fsp3) is 0.500. The lowest BCUT2D eigenvalue weighted by Gasteiger charge is -2.35. The SMILES string of the molecule is CCCCCc1ccc(-c2ccc(-c3ccc(C4=CCC(C5CCC(CCCCC)CC5)CC4)c(F)c3F)cc2)c(F)c1F. The van der Waals surface area contributed by atoms with E-state index in [0.717, 1.165) is 55.9 Å². The normalized spacial score (nSPS) is 20.5. The monoisotopic (exact) mass is 604 g/mol. The van der Waals surface area contributed by atoms with Gasteiger partial charge in [-0.05, 0) is 85.0 Å². The number of aryl methyl sites for hydroxylation is 1. The van der Waals surface area contributed by atoms with Crippen LogP contribution in [0.5, 0.6) is 0 Å². The second kappa shape index (κ2) is 15.4. The Balaban J connectivity index is 1.23. The molecule has 0 N–H and O–H groups in total. The van der Waals surface area contributed by atoms with Crippen LogP contribution in [0.3, 0.4) is 0 Å². The molecule has 2 aliphatic rings. The Bertz CT molecular complexity index is 1410. The lowest BCUT2D eigenvalue weighted by atomic mass is 9.70. The van der Waals surface area contributed by atoms with Gasteiger partial charge in [0.05, 0.1) is 0 Å². The number of rotatable bonds is 12. The van der Waals surface area contributed by atoms with Gasteiger partial charge in [-0.3, -0.25) is 0 Å². The van der Waals surface area contributed by atoms with Gasteiger partial charge in [0.1, 0.15) is 0 Å². The first-order chi connectivity index (χ1) is 21.4. The Kier molecular flexibility index (Phi) is 11.4. The van der Waals surface area contributed by atoms with Crippen molar-refractivity contribution in [2.24, 2.45) is 17.8 Å². The number of hydrogen-bond donors (Lipinski definition) is 0. The maximum atomic E-state index is 15.4. The molecule has 0 saturated heterocycles. The van der Waals surface area contributed by atoms with E-state index in [1.165, 1.54) is 51.4 Å². The third-order valence-corrected chi connectivity index (χ3v) is 10.4. The summed E-state index contributed by atoms with van der Waals surface area (Å²) in [6, 6.07) is 13.1. The predicted molar refractivity (Wildman–Crippen MR) is 175 cm³/mol. The average Bonchev–Trinajstić information content (AvgIpc) is 3.05. The summed E-state index contributed by atoms with van der Waals surface area (Å²) in [7, 11) is 0. The molecule has 2 aliphatic carbocycles. The van der Waals surface area contributed by atoms with Crippen LogP contribution in [0.25, 0.3) is 27.8 Å². The van der Waals surface area contributed by atoms with E-state index in [9.17, 15) is 8.78 Å². The Morgan fingerprint density at radius 1 is 0.568 bits per heavy atom. The van der Waals surface area contributed by atoms with Crippen molar-refractivity contribution in [2.75, 3.05) is 0 Å².